The highest BCUT2D eigenvalue weighted by Crippen LogP contribution is 2.35. The van der Waals surface area contributed by atoms with E-state index in [1.807, 2.05) is 11.0 Å². The van der Waals surface area contributed by atoms with E-state index in [0.29, 0.717) is 11.4 Å². The molecule has 29 heavy (non-hydrogen) atoms. The molecule has 2 aliphatic heterocycles. The molecule has 0 aliphatic carbocycles. The van der Waals surface area contributed by atoms with Crippen LogP contribution in [0.25, 0.3) is 10.9 Å². The second kappa shape index (κ2) is 7.84. The Labute approximate surface area is 168 Å². The van der Waals surface area contributed by atoms with Crippen LogP contribution in [0.15, 0.2) is 30.5 Å². The fourth-order valence-electron chi connectivity index (χ4n) is 4.44. The molecule has 1 aromatic carbocycles. The predicted molar refractivity (Wildman–Crippen MR) is 107 cm³/mol. The number of carbonyl (C=O) groups is 1. The molecule has 2 saturated heterocycles. The minimum absolute atomic E-state index is 0.0459. The molecule has 2 fully saturated rings. The van der Waals surface area contributed by atoms with Gasteiger partial charge in [-0.05, 0) is 49.8 Å². The van der Waals surface area contributed by atoms with Crippen LogP contribution < -0.4 is 4.90 Å². The quantitative estimate of drug-likeness (QED) is 0.725. The van der Waals surface area contributed by atoms with E-state index in [1.165, 1.54) is 6.07 Å². The van der Waals surface area contributed by atoms with Crippen molar-refractivity contribution in [1.29, 1.82) is 0 Å². The van der Waals surface area contributed by atoms with E-state index in [4.69, 9.17) is 0 Å². The molecule has 2 aliphatic rings. The molecule has 0 atom stereocenters. The van der Waals surface area contributed by atoms with Crippen molar-refractivity contribution in [2.45, 2.75) is 38.8 Å². The molecule has 7 heteroatoms. The fourth-order valence-corrected chi connectivity index (χ4v) is 4.44. The summed E-state index contributed by atoms with van der Waals surface area (Å²) in [5.41, 5.74) is 0.550. The SMILES string of the molecule is CC1CCN(C(=O)C2CCN(c3ccnc4cc(C(F)(F)F)ccc34)CC2)CC1. The van der Waals surface area contributed by atoms with Crippen LogP contribution in [0, 0.1) is 11.8 Å². The van der Waals surface area contributed by atoms with Crippen LogP contribution in [0.4, 0.5) is 18.9 Å². The van der Waals surface area contributed by atoms with Crippen molar-refractivity contribution in [3.63, 3.8) is 0 Å². The number of hydrogen-bond donors (Lipinski definition) is 0. The number of likely N-dealkylation sites (tertiary alicyclic amines) is 1. The number of piperidine rings is 2. The smallest absolute Gasteiger partial charge is 0.371 e. The Hall–Kier alpha value is -2.31. The van der Waals surface area contributed by atoms with Gasteiger partial charge in [0.1, 0.15) is 0 Å². The second-order valence-electron chi connectivity index (χ2n) is 8.33. The molecule has 4 nitrogen and oxygen atoms in total. The molecule has 0 unspecified atom stereocenters. The highest BCUT2D eigenvalue weighted by atomic mass is 19.4. The van der Waals surface area contributed by atoms with E-state index in [0.717, 1.165) is 75.1 Å². The minimum Gasteiger partial charge on any atom is -0.371 e. The number of hydrogen-bond acceptors (Lipinski definition) is 3. The van der Waals surface area contributed by atoms with Gasteiger partial charge in [-0.2, -0.15) is 13.2 Å². The van der Waals surface area contributed by atoms with Gasteiger partial charge in [0.05, 0.1) is 11.1 Å². The molecule has 2 aromatic rings. The van der Waals surface area contributed by atoms with Gasteiger partial charge in [0.25, 0.3) is 0 Å². The number of nitrogens with zero attached hydrogens (tertiary/aromatic N) is 3. The molecular formula is C22H26F3N3O. The molecule has 0 spiro atoms. The number of halogens is 3. The maximum absolute atomic E-state index is 13.0. The standard InChI is InChI=1S/C22H26F3N3O/c1-15-5-10-28(11-6-15)21(29)16-7-12-27(13-8-16)20-4-9-26-19-14-17(22(23,24)25)2-3-18(19)20/h2-4,9,14-16H,5-8,10-13H2,1H3. The number of fused-ring (bicyclic) bond motifs is 1. The topological polar surface area (TPSA) is 36.4 Å². The van der Waals surface area contributed by atoms with Gasteiger partial charge in [0.2, 0.25) is 5.91 Å². The van der Waals surface area contributed by atoms with Crippen LogP contribution in [0.1, 0.15) is 38.2 Å². The Morgan fingerprint density at radius 2 is 1.72 bits per heavy atom. The molecule has 3 heterocycles. The lowest BCUT2D eigenvalue weighted by Crippen LogP contribution is -2.45. The Morgan fingerprint density at radius 3 is 2.38 bits per heavy atom. The maximum Gasteiger partial charge on any atom is 0.416 e. The summed E-state index contributed by atoms with van der Waals surface area (Å²) in [5.74, 6) is 1.01. The largest absolute Gasteiger partial charge is 0.416 e. The van der Waals surface area contributed by atoms with Crippen LogP contribution in [0.3, 0.4) is 0 Å². The number of amides is 1. The van der Waals surface area contributed by atoms with Crippen molar-refractivity contribution in [3.8, 4) is 0 Å². The zero-order valence-electron chi connectivity index (χ0n) is 16.6. The first kappa shape index (κ1) is 20.0. The average Bonchev–Trinajstić information content (AvgIpc) is 2.72. The Kier molecular flexibility index (Phi) is 5.40. The summed E-state index contributed by atoms with van der Waals surface area (Å²) >= 11 is 0. The molecular weight excluding hydrogens is 379 g/mol. The Bertz CT molecular complexity index is 882. The van der Waals surface area contributed by atoms with Crippen LogP contribution in [-0.4, -0.2) is 42.0 Å². The Morgan fingerprint density at radius 1 is 1.03 bits per heavy atom. The lowest BCUT2D eigenvalue weighted by Gasteiger charge is -2.37. The van der Waals surface area contributed by atoms with Crippen molar-refractivity contribution >= 4 is 22.5 Å². The van der Waals surface area contributed by atoms with E-state index in [2.05, 4.69) is 16.8 Å². The summed E-state index contributed by atoms with van der Waals surface area (Å²) < 4.78 is 39.0. The molecule has 1 amide bonds. The molecule has 156 valence electrons. The third-order valence-electron chi connectivity index (χ3n) is 6.33. The molecule has 4 rings (SSSR count). The van der Waals surface area contributed by atoms with E-state index in [1.54, 1.807) is 6.20 Å². The molecule has 0 N–H and O–H groups in total. The number of aromatic nitrogens is 1. The lowest BCUT2D eigenvalue weighted by molar-refractivity contribution is -0.138. The zero-order valence-corrected chi connectivity index (χ0v) is 16.6. The third kappa shape index (κ3) is 4.19. The minimum atomic E-state index is -4.38. The second-order valence-corrected chi connectivity index (χ2v) is 8.33. The first-order chi connectivity index (χ1) is 13.8. The number of carbonyl (C=O) groups excluding carboxylic acids is 1. The first-order valence-electron chi connectivity index (χ1n) is 10.3. The fraction of sp³-hybridized carbons (Fsp3) is 0.545. The zero-order chi connectivity index (χ0) is 20.6. The van der Waals surface area contributed by atoms with Gasteiger partial charge in [-0.3, -0.25) is 9.78 Å². The van der Waals surface area contributed by atoms with Crippen molar-refractivity contribution in [3.05, 3.63) is 36.0 Å². The summed E-state index contributed by atoms with van der Waals surface area (Å²) in [4.78, 5) is 21.2. The van der Waals surface area contributed by atoms with Crippen LogP contribution in [-0.2, 0) is 11.0 Å². The van der Waals surface area contributed by atoms with Gasteiger partial charge in [-0.15, -0.1) is 0 Å². The number of alkyl halides is 3. The van der Waals surface area contributed by atoms with Crippen LogP contribution >= 0.6 is 0 Å². The number of rotatable bonds is 2. The summed E-state index contributed by atoms with van der Waals surface area (Å²) in [6.45, 7) is 5.39. The van der Waals surface area contributed by atoms with E-state index in [9.17, 15) is 18.0 Å². The van der Waals surface area contributed by atoms with E-state index < -0.39 is 11.7 Å². The summed E-state index contributed by atoms with van der Waals surface area (Å²) in [6.07, 6.45) is 0.881. The monoisotopic (exact) mass is 405 g/mol. The van der Waals surface area contributed by atoms with Gasteiger partial charge in [-0.1, -0.05) is 13.0 Å². The summed E-state index contributed by atoms with van der Waals surface area (Å²) in [6, 6.07) is 5.57. The van der Waals surface area contributed by atoms with Crippen LogP contribution in [0.2, 0.25) is 0 Å². The Balaban J connectivity index is 1.46. The maximum atomic E-state index is 13.0. The lowest BCUT2D eigenvalue weighted by atomic mass is 9.92. The van der Waals surface area contributed by atoms with Gasteiger partial charge < -0.3 is 9.80 Å². The first-order valence-corrected chi connectivity index (χ1v) is 10.3. The molecule has 0 bridgehead atoms. The van der Waals surface area contributed by atoms with E-state index in [-0.39, 0.29) is 11.8 Å². The average molecular weight is 405 g/mol. The van der Waals surface area contributed by atoms with Crippen LogP contribution in [0.5, 0.6) is 0 Å². The summed E-state index contributed by atoms with van der Waals surface area (Å²) in [5, 5.41) is 0.718. The third-order valence-corrected chi connectivity index (χ3v) is 6.33. The van der Waals surface area contributed by atoms with Gasteiger partial charge in [-0.25, -0.2) is 0 Å². The van der Waals surface area contributed by atoms with Crippen molar-refractivity contribution < 1.29 is 18.0 Å². The van der Waals surface area contributed by atoms with E-state index >= 15 is 0 Å². The highest BCUT2D eigenvalue weighted by Gasteiger charge is 2.32. The van der Waals surface area contributed by atoms with Crippen molar-refractivity contribution in [2.24, 2.45) is 11.8 Å². The molecule has 0 radical (unpaired) electrons. The van der Waals surface area contributed by atoms with Gasteiger partial charge >= 0.3 is 6.18 Å². The van der Waals surface area contributed by atoms with Gasteiger partial charge in [0.15, 0.2) is 0 Å². The molecule has 0 saturated carbocycles. The number of benzene rings is 1. The highest BCUT2D eigenvalue weighted by molar-refractivity contribution is 5.92. The van der Waals surface area contributed by atoms with Crippen molar-refractivity contribution in [2.75, 3.05) is 31.1 Å². The number of anilines is 1. The number of pyridine rings is 1. The molecule has 1 aromatic heterocycles. The summed E-state index contributed by atoms with van der Waals surface area (Å²) in [7, 11) is 0. The predicted octanol–water partition coefficient (Wildman–Crippen LogP) is 4.73. The normalized spacial score (nSPS) is 19.7. The van der Waals surface area contributed by atoms with Gasteiger partial charge in [0, 0.05) is 49.4 Å². The van der Waals surface area contributed by atoms with Crippen molar-refractivity contribution in [1.82, 2.24) is 9.88 Å².